The Kier molecular flexibility index (Phi) is 9.45. The van der Waals surface area contributed by atoms with Gasteiger partial charge in [0, 0.05) is 37.7 Å². The molecule has 0 spiro atoms. The van der Waals surface area contributed by atoms with Crippen LogP contribution in [0.2, 0.25) is 0 Å². The van der Waals surface area contributed by atoms with Gasteiger partial charge in [-0.05, 0) is 65.9 Å². The molecule has 1 saturated carbocycles. The van der Waals surface area contributed by atoms with Crippen LogP contribution in [-0.2, 0) is 19.1 Å². The van der Waals surface area contributed by atoms with Crippen molar-refractivity contribution >= 4 is 29.8 Å². The van der Waals surface area contributed by atoms with E-state index in [1.54, 1.807) is 37.5 Å². The maximum Gasteiger partial charge on any atom is 0.410 e. The van der Waals surface area contributed by atoms with E-state index in [9.17, 15) is 24.0 Å². The molecule has 3 aliphatic heterocycles. The molecule has 2 saturated heterocycles. The van der Waals surface area contributed by atoms with Gasteiger partial charge in [-0.1, -0.05) is 18.2 Å². The molecule has 6 amide bonds. The summed E-state index contributed by atoms with van der Waals surface area (Å²) in [5.74, 6) is -0.507. The van der Waals surface area contributed by atoms with Crippen molar-refractivity contribution in [2.24, 2.45) is 0 Å². The zero-order valence-electron chi connectivity index (χ0n) is 26.8. The molecule has 1 aromatic carbocycles. The Morgan fingerprint density at radius 1 is 0.978 bits per heavy atom. The highest BCUT2D eigenvalue weighted by Gasteiger charge is 2.46. The van der Waals surface area contributed by atoms with E-state index in [-0.39, 0.29) is 36.6 Å². The minimum Gasteiger partial charge on any atom is -0.493 e. The molecule has 5 rings (SSSR count). The minimum atomic E-state index is -1.11. The minimum absolute atomic E-state index is 0.0586. The van der Waals surface area contributed by atoms with Crippen molar-refractivity contribution in [3.63, 3.8) is 0 Å². The van der Waals surface area contributed by atoms with Gasteiger partial charge >= 0.3 is 12.1 Å². The van der Waals surface area contributed by atoms with E-state index in [1.807, 2.05) is 24.3 Å². The van der Waals surface area contributed by atoms with Gasteiger partial charge < -0.3 is 35.2 Å². The molecule has 3 N–H and O–H groups in total. The number of para-hydroxylation sites is 1. The molecule has 5 atom stereocenters. The van der Waals surface area contributed by atoms with Gasteiger partial charge in [0.15, 0.2) is 0 Å². The largest absolute Gasteiger partial charge is 0.493 e. The van der Waals surface area contributed by atoms with Crippen LogP contribution in [0.15, 0.2) is 24.3 Å². The molecular weight excluding hydrogens is 580 g/mol. The Morgan fingerprint density at radius 3 is 2.42 bits per heavy atom. The average molecular weight is 627 g/mol. The molecule has 0 radical (unpaired) electrons. The topological polar surface area (TPSA) is 150 Å². The molecule has 1 aromatic rings. The molecule has 45 heavy (non-hydrogen) atoms. The summed E-state index contributed by atoms with van der Waals surface area (Å²) >= 11 is 0. The summed E-state index contributed by atoms with van der Waals surface area (Å²) in [6.07, 6.45) is 3.36. The number of ether oxygens (including phenoxy) is 2. The number of carbonyl (C=O) groups excluding carboxylic acids is 5. The number of urea groups is 1. The van der Waals surface area contributed by atoms with Gasteiger partial charge in [-0.15, -0.1) is 0 Å². The highest BCUT2D eigenvalue weighted by atomic mass is 16.6. The van der Waals surface area contributed by atoms with Gasteiger partial charge in [-0.3, -0.25) is 19.3 Å². The van der Waals surface area contributed by atoms with E-state index in [2.05, 4.69) is 16.0 Å². The van der Waals surface area contributed by atoms with Gasteiger partial charge in [-0.25, -0.2) is 9.59 Å². The Bertz CT molecular complexity index is 1310. The predicted molar refractivity (Wildman–Crippen MR) is 164 cm³/mol. The first-order valence-corrected chi connectivity index (χ1v) is 16.0. The number of likely N-dealkylation sites (N-methyl/N-ethyl adjacent to an activating group) is 1. The molecule has 13 heteroatoms. The summed E-state index contributed by atoms with van der Waals surface area (Å²) < 4.78 is 11.2. The van der Waals surface area contributed by atoms with Crippen molar-refractivity contribution in [3.05, 3.63) is 29.8 Å². The molecule has 0 unspecified atom stereocenters. The molecule has 0 bridgehead atoms. The summed E-state index contributed by atoms with van der Waals surface area (Å²) in [4.78, 5) is 71.7. The van der Waals surface area contributed by atoms with Crippen LogP contribution in [0, 0.1) is 0 Å². The Labute approximate surface area is 264 Å². The number of fused-ring (bicyclic) bond motifs is 2. The van der Waals surface area contributed by atoms with E-state index in [0.717, 1.165) is 24.2 Å². The molecule has 4 aliphatic rings. The number of hydrogen-bond donors (Lipinski definition) is 3. The molecule has 3 fully saturated rings. The number of nitrogens with one attached hydrogen (secondary N) is 3. The van der Waals surface area contributed by atoms with Gasteiger partial charge in [0.1, 0.15) is 29.5 Å². The lowest BCUT2D eigenvalue weighted by atomic mass is 10.00. The van der Waals surface area contributed by atoms with Crippen LogP contribution in [0.5, 0.6) is 5.75 Å². The second kappa shape index (κ2) is 13.1. The van der Waals surface area contributed by atoms with E-state index >= 15 is 0 Å². The Morgan fingerprint density at radius 2 is 1.71 bits per heavy atom. The summed E-state index contributed by atoms with van der Waals surface area (Å²) in [5.41, 5.74) is 0.149. The lowest BCUT2D eigenvalue weighted by molar-refractivity contribution is -0.145. The third-order valence-corrected chi connectivity index (χ3v) is 8.92. The quantitative estimate of drug-likeness (QED) is 0.439. The maximum absolute atomic E-state index is 14.3. The summed E-state index contributed by atoms with van der Waals surface area (Å²) in [6, 6.07) is 4.14. The average Bonchev–Trinajstić information content (AvgIpc) is 3.70. The standard InChI is InChI=1S/C32H46N6O7/c1-19(36(5)31(43)45-32(2,3)4)27(39)35-24-18-37(30(42)33-20-10-11-20)16-14-21-12-13-25(38(21)29(24)41)28(40)34-23-15-17-44-26-9-7-6-8-22(23)26/h6-9,19-21,23-25H,10-18H2,1-5H3,(H,33,42)(H,34,40)(H,35,39)/t19-,21+,23+,24-,25-/m0/s1. The highest BCUT2D eigenvalue weighted by molar-refractivity contribution is 5.95. The van der Waals surface area contributed by atoms with Crippen LogP contribution in [0.3, 0.4) is 0 Å². The highest BCUT2D eigenvalue weighted by Crippen LogP contribution is 2.34. The van der Waals surface area contributed by atoms with Crippen molar-refractivity contribution < 1.29 is 33.4 Å². The van der Waals surface area contributed by atoms with Crippen LogP contribution >= 0.6 is 0 Å². The van der Waals surface area contributed by atoms with Crippen LogP contribution in [-0.4, -0.2) is 107 Å². The summed E-state index contributed by atoms with van der Waals surface area (Å²) in [6.45, 7) is 7.53. The number of benzene rings is 1. The third-order valence-electron chi connectivity index (χ3n) is 8.92. The second-order valence-corrected chi connectivity index (χ2v) is 13.5. The lowest BCUT2D eigenvalue weighted by Gasteiger charge is -2.39. The smallest absolute Gasteiger partial charge is 0.410 e. The predicted octanol–water partition coefficient (Wildman–Crippen LogP) is 2.30. The van der Waals surface area contributed by atoms with Crippen LogP contribution in [0.4, 0.5) is 9.59 Å². The first-order valence-electron chi connectivity index (χ1n) is 16.0. The van der Waals surface area contributed by atoms with Crippen LogP contribution in [0.1, 0.15) is 77.8 Å². The van der Waals surface area contributed by atoms with Crippen LogP contribution in [0.25, 0.3) is 0 Å². The van der Waals surface area contributed by atoms with Gasteiger partial charge in [0.2, 0.25) is 17.7 Å². The van der Waals surface area contributed by atoms with Gasteiger partial charge in [0.25, 0.3) is 0 Å². The Balaban J connectivity index is 1.34. The molecule has 13 nitrogen and oxygen atoms in total. The number of hydrogen-bond acceptors (Lipinski definition) is 7. The summed E-state index contributed by atoms with van der Waals surface area (Å²) in [5, 5.41) is 8.94. The first-order chi connectivity index (χ1) is 21.3. The van der Waals surface area contributed by atoms with Crippen molar-refractivity contribution in [1.29, 1.82) is 0 Å². The lowest BCUT2D eigenvalue weighted by Crippen LogP contribution is -2.63. The fourth-order valence-electron chi connectivity index (χ4n) is 6.14. The molecule has 3 heterocycles. The third kappa shape index (κ3) is 7.62. The molecule has 0 aromatic heterocycles. The fourth-order valence-corrected chi connectivity index (χ4v) is 6.14. The van der Waals surface area contributed by atoms with Crippen molar-refractivity contribution in [2.45, 2.75) is 108 Å². The van der Waals surface area contributed by atoms with E-state index in [1.165, 1.54) is 11.9 Å². The second-order valence-electron chi connectivity index (χ2n) is 13.5. The fraction of sp³-hybridized carbons (Fsp3) is 0.656. The van der Waals surface area contributed by atoms with Crippen LogP contribution < -0.4 is 20.7 Å². The van der Waals surface area contributed by atoms with Crippen molar-refractivity contribution in [2.75, 3.05) is 26.7 Å². The Hall–Kier alpha value is -4.03. The van der Waals surface area contributed by atoms with Gasteiger partial charge in [0.05, 0.1) is 19.2 Å². The molecular formula is C32H46N6O7. The summed E-state index contributed by atoms with van der Waals surface area (Å²) in [7, 11) is 1.46. The number of rotatable bonds is 6. The maximum atomic E-state index is 14.3. The number of nitrogens with zero attached hydrogens (tertiary/aromatic N) is 3. The van der Waals surface area contributed by atoms with E-state index in [4.69, 9.17) is 9.47 Å². The SMILES string of the molecule is C[C@@H](C(=O)N[C@H]1CN(C(=O)NC2CC2)CC[C@H]2CC[C@@H](C(=O)N[C@@H]3CCOc4ccccc43)N2C1=O)N(C)C(=O)OC(C)(C)C. The molecule has 246 valence electrons. The number of amides is 6. The molecule has 1 aliphatic carbocycles. The normalized spacial score (nSPS) is 25.4. The zero-order valence-corrected chi connectivity index (χ0v) is 26.8. The van der Waals surface area contributed by atoms with Crippen molar-refractivity contribution in [3.8, 4) is 5.75 Å². The van der Waals surface area contributed by atoms with Gasteiger partial charge in [-0.2, -0.15) is 0 Å². The van der Waals surface area contributed by atoms with E-state index in [0.29, 0.717) is 38.8 Å². The first kappa shape index (κ1) is 32.4. The zero-order chi connectivity index (χ0) is 32.5. The number of carbonyl (C=O) groups is 5. The van der Waals surface area contributed by atoms with Crippen molar-refractivity contribution in [1.82, 2.24) is 30.7 Å². The van der Waals surface area contributed by atoms with E-state index < -0.39 is 41.6 Å². The monoisotopic (exact) mass is 626 g/mol.